The predicted molar refractivity (Wildman–Crippen MR) is 81.9 cm³/mol. The third kappa shape index (κ3) is 5.34. The van der Waals surface area contributed by atoms with Gasteiger partial charge in [-0.3, -0.25) is 9.59 Å². The SMILES string of the molecule is CCC(C)NC(=O)CCNC(=O)c1csc(I)c1. The fourth-order valence-corrected chi connectivity index (χ4v) is 2.60. The number of amides is 2. The molecule has 1 atom stereocenters. The molecule has 100 valence electrons. The quantitative estimate of drug-likeness (QED) is 0.745. The van der Waals surface area contributed by atoms with Crippen LogP contribution in [0.4, 0.5) is 0 Å². The number of rotatable bonds is 6. The van der Waals surface area contributed by atoms with Crippen molar-refractivity contribution in [3.05, 3.63) is 19.9 Å². The highest BCUT2D eigenvalue weighted by molar-refractivity contribution is 14.1. The third-order valence-corrected chi connectivity index (χ3v) is 4.28. The molecule has 0 saturated carbocycles. The maximum Gasteiger partial charge on any atom is 0.252 e. The molecule has 0 fully saturated rings. The number of carbonyl (C=O) groups is 2. The van der Waals surface area contributed by atoms with Crippen molar-refractivity contribution in [2.45, 2.75) is 32.7 Å². The van der Waals surface area contributed by atoms with E-state index in [0.717, 1.165) is 9.30 Å². The second-order valence-corrected chi connectivity index (χ2v) is 6.83. The first-order valence-electron chi connectivity index (χ1n) is 5.84. The molecule has 2 amide bonds. The normalized spacial score (nSPS) is 11.9. The van der Waals surface area contributed by atoms with Crippen LogP contribution in [0.25, 0.3) is 0 Å². The van der Waals surface area contributed by atoms with E-state index >= 15 is 0 Å². The molecule has 0 radical (unpaired) electrons. The summed E-state index contributed by atoms with van der Waals surface area (Å²) in [4.78, 5) is 23.2. The molecule has 18 heavy (non-hydrogen) atoms. The molecule has 0 aliphatic carbocycles. The van der Waals surface area contributed by atoms with Crippen LogP contribution in [0.3, 0.4) is 0 Å². The van der Waals surface area contributed by atoms with Gasteiger partial charge in [0, 0.05) is 24.4 Å². The molecule has 2 N–H and O–H groups in total. The minimum Gasteiger partial charge on any atom is -0.354 e. The van der Waals surface area contributed by atoms with Gasteiger partial charge in [-0.2, -0.15) is 0 Å². The lowest BCUT2D eigenvalue weighted by atomic mass is 10.2. The van der Waals surface area contributed by atoms with E-state index in [1.165, 1.54) is 11.3 Å². The smallest absolute Gasteiger partial charge is 0.252 e. The Bertz CT molecular complexity index is 420. The Morgan fingerprint density at radius 1 is 1.50 bits per heavy atom. The van der Waals surface area contributed by atoms with Crippen LogP contribution in [0.1, 0.15) is 37.0 Å². The zero-order valence-electron chi connectivity index (χ0n) is 10.5. The Balaban J connectivity index is 2.25. The monoisotopic (exact) mass is 380 g/mol. The average molecular weight is 380 g/mol. The van der Waals surface area contributed by atoms with Crippen LogP contribution in [-0.2, 0) is 4.79 Å². The van der Waals surface area contributed by atoms with E-state index < -0.39 is 0 Å². The second-order valence-electron chi connectivity index (χ2n) is 4.02. The highest BCUT2D eigenvalue weighted by Gasteiger charge is 2.09. The highest BCUT2D eigenvalue weighted by atomic mass is 127. The number of hydrogen-bond donors (Lipinski definition) is 2. The Morgan fingerprint density at radius 2 is 2.22 bits per heavy atom. The largest absolute Gasteiger partial charge is 0.354 e. The van der Waals surface area contributed by atoms with Crippen molar-refractivity contribution in [3.8, 4) is 0 Å². The van der Waals surface area contributed by atoms with E-state index in [0.29, 0.717) is 18.5 Å². The molecule has 1 heterocycles. The molecule has 0 spiro atoms. The average Bonchev–Trinajstić information content (AvgIpc) is 2.75. The van der Waals surface area contributed by atoms with Gasteiger partial charge < -0.3 is 10.6 Å². The van der Waals surface area contributed by atoms with Crippen LogP contribution in [0, 0.1) is 2.88 Å². The molecule has 1 aromatic heterocycles. The molecule has 1 rings (SSSR count). The van der Waals surface area contributed by atoms with Crippen molar-refractivity contribution < 1.29 is 9.59 Å². The number of hydrogen-bond acceptors (Lipinski definition) is 3. The van der Waals surface area contributed by atoms with Crippen molar-refractivity contribution in [1.82, 2.24) is 10.6 Å². The number of thiophene rings is 1. The van der Waals surface area contributed by atoms with Gasteiger partial charge in [0.15, 0.2) is 0 Å². The molecule has 0 aliphatic rings. The molecule has 0 aliphatic heterocycles. The molecule has 0 aromatic carbocycles. The van der Waals surface area contributed by atoms with Gasteiger partial charge in [0.05, 0.1) is 8.45 Å². The van der Waals surface area contributed by atoms with Gasteiger partial charge in [0.25, 0.3) is 5.91 Å². The van der Waals surface area contributed by atoms with Gasteiger partial charge in [0.1, 0.15) is 0 Å². The Labute approximate surface area is 125 Å². The molecule has 6 heteroatoms. The van der Waals surface area contributed by atoms with Crippen LogP contribution in [-0.4, -0.2) is 24.4 Å². The van der Waals surface area contributed by atoms with Gasteiger partial charge in [-0.1, -0.05) is 6.92 Å². The first-order valence-corrected chi connectivity index (χ1v) is 7.80. The zero-order valence-corrected chi connectivity index (χ0v) is 13.4. The van der Waals surface area contributed by atoms with Crippen molar-refractivity contribution in [3.63, 3.8) is 0 Å². The summed E-state index contributed by atoms with van der Waals surface area (Å²) in [5.74, 6) is -0.143. The lowest BCUT2D eigenvalue weighted by Crippen LogP contribution is -2.35. The lowest BCUT2D eigenvalue weighted by Gasteiger charge is -2.11. The predicted octanol–water partition coefficient (Wildman–Crippen LogP) is 2.39. The van der Waals surface area contributed by atoms with E-state index in [-0.39, 0.29) is 17.9 Å². The summed E-state index contributed by atoms with van der Waals surface area (Å²) in [7, 11) is 0. The Morgan fingerprint density at radius 3 is 2.78 bits per heavy atom. The van der Waals surface area contributed by atoms with E-state index in [4.69, 9.17) is 0 Å². The molecule has 0 saturated heterocycles. The van der Waals surface area contributed by atoms with Crippen molar-refractivity contribution >= 4 is 45.7 Å². The maximum absolute atomic E-state index is 11.7. The molecule has 0 bridgehead atoms. The second kappa shape index (κ2) is 7.73. The Hall–Kier alpha value is -0.630. The van der Waals surface area contributed by atoms with Gasteiger partial charge in [-0.15, -0.1) is 11.3 Å². The van der Waals surface area contributed by atoms with Gasteiger partial charge in [0.2, 0.25) is 5.91 Å². The van der Waals surface area contributed by atoms with Crippen LogP contribution < -0.4 is 10.6 Å². The minimum absolute atomic E-state index is 0.0236. The first-order chi connectivity index (χ1) is 8.52. The minimum atomic E-state index is -0.120. The van der Waals surface area contributed by atoms with Crippen molar-refractivity contribution in [2.24, 2.45) is 0 Å². The fourth-order valence-electron chi connectivity index (χ4n) is 1.27. The standard InChI is InChI=1S/C12H17IN2O2S/c1-3-8(2)15-11(16)4-5-14-12(17)9-6-10(13)18-7-9/h6-8H,3-5H2,1-2H3,(H,14,17)(H,15,16). The molecule has 1 aromatic rings. The number of carbonyl (C=O) groups excluding carboxylic acids is 2. The lowest BCUT2D eigenvalue weighted by molar-refractivity contribution is -0.121. The highest BCUT2D eigenvalue weighted by Crippen LogP contribution is 2.16. The van der Waals surface area contributed by atoms with Crippen LogP contribution in [0.15, 0.2) is 11.4 Å². The summed E-state index contributed by atoms with van der Waals surface area (Å²) >= 11 is 3.70. The van der Waals surface area contributed by atoms with Crippen LogP contribution >= 0.6 is 33.9 Å². The fraction of sp³-hybridized carbons (Fsp3) is 0.500. The number of nitrogens with one attached hydrogen (secondary N) is 2. The van der Waals surface area contributed by atoms with Crippen LogP contribution in [0.5, 0.6) is 0 Å². The van der Waals surface area contributed by atoms with Crippen molar-refractivity contribution in [2.75, 3.05) is 6.54 Å². The summed E-state index contributed by atoms with van der Waals surface area (Å²) in [6.45, 7) is 4.35. The summed E-state index contributed by atoms with van der Waals surface area (Å²) in [5.41, 5.74) is 0.659. The molecular formula is C12H17IN2O2S. The van der Waals surface area contributed by atoms with E-state index in [2.05, 4.69) is 33.2 Å². The van der Waals surface area contributed by atoms with Gasteiger partial charge in [-0.25, -0.2) is 0 Å². The molecule has 4 nitrogen and oxygen atoms in total. The maximum atomic E-state index is 11.7. The van der Waals surface area contributed by atoms with Gasteiger partial charge >= 0.3 is 0 Å². The van der Waals surface area contributed by atoms with E-state index in [1.54, 1.807) is 0 Å². The van der Waals surface area contributed by atoms with Crippen LogP contribution in [0.2, 0.25) is 0 Å². The zero-order chi connectivity index (χ0) is 13.5. The Kier molecular flexibility index (Phi) is 6.62. The summed E-state index contributed by atoms with van der Waals surface area (Å²) in [6, 6.07) is 2.02. The van der Waals surface area contributed by atoms with Crippen molar-refractivity contribution in [1.29, 1.82) is 0 Å². The summed E-state index contributed by atoms with van der Waals surface area (Å²) in [6.07, 6.45) is 1.22. The third-order valence-electron chi connectivity index (χ3n) is 2.49. The van der Waals surface area contributed by atoms with E-state index in [1.807, 2.05) is 25.3 Å². The number of halogens is 1. The first kappa shape index (κ1) is 15.4. The van der Waals surface area contributed by atoms with Gasteiger partial charge in [-0.05, 0) is 42.0 Å². The topological polar surface area (TPSA) is 58.2 Å². The van der Waals surface area contributed by atoms with E-state index in [9.17, 15) is 9.59 Å². The molecule has 1 unspecified atom stereocenters. The summed E-state index contributed by atoms with van der Waals surface area (Å²) < 4.78 is 1.08. The molecular weight excluding hydrogens is 363 g/mol. The summed E-state index contributed by atoms with van der Waals surface area (Å²) in [5, 5.41) is 7.41.